The lowest BCUT2D eigenvalue weighted by Gasteiger charge is -1.91. The molecule has 1 fully saturated rings. The molecule has 8 heavy (non-hydrogen) atoms. The monoisotopic (exact) mass is 129 g/mol. The van der Waals surface area contributed by atoms with Gasteiger partial charge in [-0.15, -0.1) is 6.58 Å². The second-order valence-corrected chi connectivity index (χ2v) is 2.77. The summed E-state index contributed by atoms with van der Waals surface area (Å²) in [5.74, 6) is 0. The zero-order valence-electron chi connectivity index (χ0n) is 4.39. The maximum atomic E-state index is 10.4. The van der Waals surface area contributed by atoms with Crippen LogP contribution in [0.5, 0.6) is 0 Å². The van der Waals surface area contributed by atoms with E-state index in [1.54, 1.807) is 6.08 Å². The van der Waals surface area contributed by atoms with Crippen molar-refractivity contribution in [2.75, 3.05) is 6.54 Å². The molecule has 2 nitrogen and oxygen atoms in total. The lowest BCUT2D eigenvalue weighted by atomic mass is 10.4. The Balaban J connectivity index is 2.43. The molecule has 0 saturated carbocycles. The summed E-state index contributed by atoms with van der Waals surface area (Å²) in [6, 6.07) is 0. The van der Waals surface area contributed by atoms with Crippen LogP contribution in [0.2, 0.25) is 0 Å². The van der Waals surface area contributed by atoms with Gasteiger partial charge in [0.25, 0.3) is 5.24 Å². The van der Waals surface area contributed by atoms with Crippen LogP contribution < -0.4 is 5.32 Å². The molecule has 44 valence electrons. The van der Waals surface area contributed by atoms with Crippen LogP contribution >= 0.6 is 11.8 Å². The third-order valence-corrected chi connectivity index (χ3v) is 1.99. The highest BCUT2D eigenvalue weighted by Gasteiger charge is 2.18. The van der Waals surface area contributed by atoms with Crippen LogP contribution in [-0.2, 0) is 0 Å². The Kier molecular flexibility index (Phi) is 1.58. The Bertz CT molecular complexity index is 124. The summed E-state index contributed by atoms with van der Waals surface area (Å²) in [5.41, 5.74) is 0. The number of amides is 1. The van der Waals surface area contributed by atoms with E-state index in [0.717, 1.165) is 6.54 Å². The third-order valence-electron chi connectivity index (χ3n) is 0.969. The Morgan fingerprint density at radius 3 is 3.00 bits per heavy atom. The summed E-state index contributed by atoms with van der Waals surface area (Å²) in [4.78, 5) is 10.4. The van der Waals surface area contributed by atoms with Gasteiger partial charge < -0.3 is 5.32 Å². The molecule has 1 saturated heterocycles. The fourth-order valence-corrected chi connectivity index (χ4v) is 1.24. The number of hydrogen-bond donors (Lipinski definition) is 1. The highest BCUT2D eigenvalue weighted by molar-refractivity contribution is 8.14. The summed E-state index contributed by atoms with van der Waals surface area (Å²) in [7, 11) is 0. The first-order valence-electron chi connectivity index (χ1n) is 2.40. The number of rotatable bonds is 1. The first kappa shape index (κ1) is 5.69. The molecular weight excluding hydrogens is 122 g/mol. The average Bonchev–Trinajstić information content (AvgIpc) is 2.14. The molecule has 0 aromatic heterocycles. The minimum absolute atomic E-state index is 0.0647. The van der Waals surface area contributed by atoms with E-state index in [9.17, 15) is 4.79 Å². The van der Waals surface area contributed by atoms with Crippen LogP contribution in [0.4, 0.5) is 4.79 Å². The molecule has 1 heterocycles. The maximum Gasteiger partial charge on any atom is 0.279 e. The van der Waals surface area contributed by atoms with Crippen molar-refractivity contribution in [1.29, 1.82) is 0 Å². The highest BCUT2D eigenvalue weighted by atomic mass is 32.2. The summed E-state index contributed by atoms with van der Waals surface area (Å²) in [6.45, 7) is 4.31. The summed E-state index contributed by atoms with van der Waals surface area (Å²) < 4.78 is 0. The van der Waals surface area contributed by atoms with E-state index in [1.165, 1.54) is 11.8 Å². The van der Waals surface area contributed by atoms with Gasteiger partial charge >= 0.3 is 0 Å². The minimum Gasteiger partial charge on any atom is -0.346 e. The van der Waals surface area contributed by atoms with Gasteiger partial charge in [-0.2, -0.15) is 0 Å². The number of hydrogen-bond acceptors (Lipinski definition) is 2. The fraction of sp³-hybridized carbons (Fsp3) is 0.400. The van der Waals surface area contributed by atoms with Crippen LogP contribution in [0.15, 0.2) is 12.7 Å². The van der Waals surface area contributed by atoms with Gasteiger partial charge in [0.1, 0.15) is 0 Å². The lowest BCUT2D eigenvalue weighted by molar-refractivity contribution is 0.262. The van der Waals surface area contributed by atoms with Crippen molar-refractivity contribution < 1.29 is 4.79 Å². The topological polar surface area (TPSA) is 29.1 Å². The van der Waals surface area contributed by atoms with Gasteiger partial charge in [0.05, 0.1) is 0 Å². The van der Waals surface area contributed by atoms with E-state index in [-0.39, 0.29) is 5.24 Å². The normalized spacial score (nSPS) is 27.5. The number of thioether (sulfide) groups is 1. The molecule has 1 aliphatic rings. The lowest BCUT2D eigenvalue weighted by Crippen LogP contribution is -2.13. The van der Waals surface area contributed by atoms with Crippen LogP contribution in [0, 0.1) is 0 Å². The molecule has 1 N–H and O–H groups in total. The largest absolute Gasteiger partial charge is 0.346 e. The van der Waals surface area contributed by atoms with Crippen molar-refractivity contribution in [3.05, 3.63) is 12.7 Å². The van der Waals surface area contributed by atoms with E-state index in [2.05, 4.69) is 11.9 Å². The Hall–Kier alpha value is -0.440. The first-order valence-corrected chi connectivity index (χ1v) is 3.28. The van der Waals surface area contributed by atoms with E-state index < -0.39 is 0 Å². The van der Waals surface area contributed by atoms with E-state index in [1.807, 2.05) is 0 Å². The van der Waals surface area contributed by atoms with Gasteiger partial charge in [-0.05, 0) is 0 Å². The van der Waals surface area contributed by atoms with Crippen molar-refractivity contribution in [3.63, 3.8) is 0 Å². The standard InChI is InChI=1S/C5H7NOS/c1-2-4-3-6-5(7)8-4/h2,4H,1,3H2,(H,6,7). The van der Waals surface area contributed by atoms with Crippen LogP contribution in [0.25, 0.3) is 0 Å². The van der Waals surface area contributed by atoms with E-state index in [0.29, 0.717) is 5.25 Å². The molecule has 1 rings (SSSR count). The Labute approximate surface area is 52.3 Å². The van der Waals surface area contributed by atoms with E-state index in [4.69, 9.17) is 0 Å². The molecule has 0 radical (unpaired) electrons. The molecular formula is C5H7NOS. The van der Waals surface area contributed by atoms with Gasteiger partial charge in [-0.3, -0.25) is 4.79 Å². The number of carbonyl (C=O) groups excluding carboxylic acids is 1. The molecule has 0 spiro atoms. The SMILES string of the molecule is C=CC1CNC(=O)S1. The fourth-order valence-electron chi connectivity index (χ4n) is 0.536. The first-order chi connectivity index (χ1) is 3.83. The van der Waals surface area contributed by atoms with Crippen LogP contribution in [0.3, 0.4) is 0 Å². The third kappa shape index (κ3) is 1.04. The van der Waals surface area contributed by atoms with Crippen LogP contribution in [0.1, 0.15) is 0 Å². The zero-order valence-corrected chi connectivity index (χ0v) is 5.20. The predicted molar refractivity (Wildman–Crippen MR) is 35.0 cm³/mol. The molecule has 0 bridgehead atoms. The zero-order chi connectivity index (χ0) is 5.98. The number of carbonyl (C=O) groups is 1. The van der Waals surface area contributed by atoms with E-state index >= 15 is 0 Å². The molecule has 0 aromatic carbocycles. The van der Waals surface area contributed by atoms with Gasteiger partial charge in [-0.25, -0.2) is 0 Å². The molecule has 3 heteroatoms. The molecule has 1 amide bonds. The van der Waals surface area contributed by atoms with Gasteiger partial charge in [0.2, 0.25) is 0 Å². The van der Waals surface area contributed by atoms with Gasteiger partial charge in [-0.1, -0.05) is 17.8 Å². The molecule has 0 aromatic rings. The quantitative estimate of drug-likeness (QED) is 0.535. The predicted octanol–water partition coefficient (Wildman–Crippen LogP) is 0.997. The average molecular weight is 129 g/mol. The second kappa shape index (κ2) is 2.22. The highest BCUT2D eigenvalue weighted by Crippen LogP contribution is 2.17. The number of nitrogens with one attached hydrogen (secondary N) is 1. The van der Waals surface area contributed by atoms with Crippen molar-refractivity contribution in [1.82, 2.24) is 5.32 Å². The van der Waals surface area contributed by atoms with Gasteiger partial charge in [0.15, 0.2) is 0 Å². The van der Waals surface area contributed by atoms with Crippen molar-refractivity contribution in [2.45, 2.75) is 5.25 Å². The van der Waals surface area contributed by atoms with Crippen LogP contribution in [-0.4, -0.2) is 17.0 Å². The second-order valence-electron chi connectivity index (χ2n) is 1.56. The Morgan fingerprint density at radius 1 is 2.00 bits per heavy atom. The summed E-state index contributed by atoms with van der Waals surface area (Å²) in [6.07, 6.45) is 1.78. The van der Waals surface area contributed by atoms with Gasteiger partial charge in [0, 0.05) is 11.8 Å². The maximum absolute atomic E-state index is 10.4. The van der Waals surface area contributed by atoms with Crippen molar-refractivity contribution >= 4 is 17.0 Å². The minimum atomic E-state index is 0.0647. The van der Waals surface area contributed by atoms with Crippen molar-refractivity contribution in [3.8, 4) is 0 Å². The molecule has 1 atom stereocenters. The molecule has 1 unspecified atom stereocenters. The summed E-state index contributed by atoms with van der Waals surface area (Å²) in [5, 5.41) is 3.03. The smallest absolute Gasteiger partial charge is 0.279 e. The molecule has 1 aliphatic heterocycles. The van der Waals surface area contributed by atoms with Crippen molar-refractivity contribution in [2.24, 2.45) is 0 Å². The summed E-state index contributed by atoms with van der Waals surface area (Å²) >= 11 is 1.30. The molecule has 0 aliphatic carbocycles. The Morgan fingerprint density at radius 2 is 2.75 bits per heavy atom.